The maximum Gasteiger partial charge on any atom is 0.134 e. The number of rotatable bonds is 5. The van der Waals surface area contributed by atoms with Crippen LogP contribution in [0.25, 0.3) is 16.7 Å². The largest absolute Gasteiger partial charge is 0.464 e. The number of benzene rings is 2. The van der Waals surface area contributed by atoms with Crippen molar-refractivity contribution in [2.24, 2.45) is 0 Å². The molecule has 2 aromatic carbocycles. The van der Waals surface area contributed by atoms with Gasteiger partial charge in [-0.3, -0.25) is 0 Å². The standard InChI is InChI=1S/C21H21N3O/c1-15(17-7-5-8-18(13-17)24-12-6-11-22-24)23-16(2)20-14-25-21-10-4-3-9-19(20)21/h3-16,23H,1-2H3. The molecule has 0 amide bonds. The fourth-order valence-electron chi connectivity index (χ4n) is 3.25. The van der Waals surface area contributed by atoms with Gasteiger partial charge in [-0.25, -0.2) is 4.68 Å². The Labute approximate surface area is 147 Å². The van der Waals surface area contributed by atoms with E-state index in [1.165, 1.54) is 16.5 Å². The van der Waals surface area contributed by atoms with Gasteiger partial charge in [-0.05, 0) is 43.7 Å². The van der Waals surface area contributed by atoms with E-state index >= 15 is 0 Å². The van der Waals surface area contributed by atoms with Gasteiger partial charge < -0.3 is 9.73 Å². The summed E-state index contributed by atoms with van der Waals surface area (Å²) in [5, 5.41) is 9.15. The first-order chi connectivity index (χ1) is 12.2. The highest BCUT2D eigenvalue weighted by molar-refractivity contribution is 5.81. The van der Waals surface area contributed by atoms with E-state index in [0.29, 0.717) is 0 Å². The summed E-state index contributed by atoms with van der Waals surface area (Å²) in [6.45, 7) is 4.35. The van der Waals surface area contributed by atoms with Gasteiger partial charge in [0.2, 0.25) is 0 Å². The predicted octanol–water partition coefficient (Wildman–Crippen LogP) is 5.03. The van der Waals surface area contributed by atoms with Crippen molar-refractivity contribution in [3.05, 3.63) is 84.4 Å². The van der Waals surface area contributed by atoms with Crippen molar-refractivity contribution in [1.29, 1.82) is 0 Å². The average Bonchev–Trinajstić information content (AvgIpc) is 3.31. The van der Waals surface area contributed by atoms with Crippen molar-refractivity contribution in [2.45, 2.75) is 25.9 Å². The molecule has 2 unspecified atom stereocenters. The third-order valence-corrected chi connectivity index (χ3v) is 4.62. The quantitative estimate of drug-likeness (QED) is 0.558. The summed E-state index contributed by atoms with van der Waals surface area (Å²) in [5.41, 5.74) is 4.41. The second-order valence-electron chi connectivity index (χ2n) is 6.34. The molecule has 0 saturated carbocycles. The molecule has 0 saturated heterocycles. The first-order valence-corrected chi connectivity index (χ1v) is 8.54. The summed E-state index contributed by atoms with van der Waals surface area (Å²) in [5.74, 6) is 0. The number of aromatic nitrogens is 2. The van der Waals surface area contributed by atoms with E-state index in [1.54, 1.807) is 6.20 Å². The van der Waals surface area contributed by atoms with Crippen molar-refractivity contribution < 1.29 is 4.42 Å². The summed E-state index contributed by atoms with van der Waals surface area (Å²) in [7, 11) is 0. The molecule has 1 N–H and O–H groups in total. The molecule has 0 aliphatic heterocycles. The van der Waals surface area contributed by atoms with Crippen LogP contribution in [0.15, 0.2) is 77.7 Å². The van der Waals surface area contributed by atoms with Gasteiger partial charge in [-0.15, -0.1) is 0 Å². The molecule has 4 heteroatoms. The lowest BCUT2D eigenvalue weighted by atomic mass is 10.0. The first-order valence-electron chi connectivity index (χ1n) is 8.54. The van der Waals surface area contributed by atoms with Gasteiger partial charge in [-0.2, -0.15) is 5.10 Å². The van der Waals surface area contributed by atoms with Gasteiger partial charge in [0.25, 0.3) is 0 Å². The van der Waals surface area contributed by atoms with E-state index in [1.807, 2.05) is 41.4 Å². The van der Waals surface area contributed by atoms with Crippen LogP contribution < -0.4 is 5.32 Å². The van der Waals surface area contributed by atoms with Gasteiger partial charge in [0.1, 0.15) is 5.58 Å². The molecule has 4 nitrogen and oxygen atoms in total. The Kier molecular flexibility index (Phi) is 4.12. The van der Waals surface area contributed by atoms with Crippen molar-refractivity contribution in [3.63, 3.8) is 0 Å². The zero-order chi connectivity index (χ0) is 17.2. The minimum Gasteiger partial charge on any atom is -0.464 e. The Hall–Kier alpha value is -2.85. The number of nitrogens with one attached hydrogen (secondary N) is 1. The van der Waals surface area contributed by atoms with E-state index in [9.17, 15) is 0 Å². The number of nitrogens with zero attached hydrogens (tertiary/aromatic N) is 2. The van der Waals surface area contributed by atoms with Gasteiger partial charge in [0, 0.05) is 35.4 Å². The Bertz CT molecular complexity index is 972. The van der Waals surface area contributed by atoms with Crippen molar-refractivity contribution >= 4 is 11.0 Å². The normalized spacial score (nSPS) is 13.8. The molecule has 0 aliphatic carbocycles. The molecule has 0 aliphatic rings. The smallest absolute Gasteiger partial charge is 0.134 e. The summed E-state index contributed by atoms with van der Waals surface area (Å²) in [6, 6.07) is 18.9. The highest BCUT2D eigenvalue weighted by Crippen LogP contribution is 2.28. The van der Waals surface area contributed by atoms with Gasteiger partial charge in [-0.1, -0.05) is 30.3 Å². The summed E-state index contributed by atoms with van der Waals surface area (Å²) >= 11 is 0. The van der Waals surface area contributed by atoms with Crippen molar-refractivity contribution in [2.75, 3.05) is 0 Å². The van der Waals surface area contributed by atoms with E-state index in [0.717, 1.165) is 11.3 Å². The fraction of sp³-hybridized carbons (Fsp3) is 0.190. The van der Waals surface area contributed by atoms with Crippen LogP contribution in [0.1, 0.15) is 37.1 Å². The molecular weight excluding hydrogens is 310 g/mol. The zero-order valence-electron chi connectivity index (χ0n) is 14.4. The monoisotopic (exact) mass is 331 g/mol. The molecule has 2 heterocycles. The zero-order valence-corrected chi connectivity index (χ0v) is 14.4. The van der Waals surface area contributed by atoms with Crippen LogP contribution in [0.4, 0.5) is 0 Å². The lowest BCUT2D eigenvalue weighted by Gasteiger charge is -2.20. The maximum absolute atomic E-state index is 5.67. The highest BCUT2D eigenvalue weighted by Gasteiger charge is 2.16. The number of hydrogen-bond acceptors (Lipinski definition) is 3. The van der Waals surface area contributed by atoms with Crippen LogP contribution >= 0.6 is 0 Å². The molecule has 2 atom stereocenters. The first kappa shape index (κ1) is 15.7. The second kappa shape index (κ2) is 6.57. The molecule has 126 valence electrons. The summed E-state index contributed by atoms with van der Waals surface area (Å²) < 4.78 is 7.55. The Morgan fingerprint density at radius 1 is 1.00 bits per heavy atom. The van der Waals surface area contributed by atoms with Gasteiger partial charge in [0.15, 0.2) is 0 Å². The van der Waals surface area contributed by atoms with E-state index in [-0.39, 0.29) is 12.1 Å². The molecule has 4 rings (SSSR count). The summed E-state index contributed by atoms with van der Waals surface area (Å²) in [4.78, 5) is 0. The average molecular weight is 331 g/mol. The maximum atomic E-state index is 5.67. The van der Waals surface area contributed by atoms with Crippen LogP contribution in [0.5, 0.6) is 0 Å². The number of hydrogen-bond donors (Lipinski definition) is 1. The third-order valence-electron chi connectivity index (χ3n) is 4.62. The molecule has 4 aromatic rings. The van der Waals surface area contributed by atoms with Gasteiger partial charge >= 0.3 is 0 Å². The molecule has 2 aromatic heterocycles. The fourth-order valence-corrected chi connectivity index (χ4v) is 3.25. The predicted molar refractivity (Wildman–Crippen MR) is 99.7 cm³/mol. The Morgan fingerprint density at radius 3 is 2.72 bits per heavy atom. The van der Waals surface area contributed by atoms with E-state index in [2.05, 4.69) is 54.6 Å². The van der Waals surface area contributed by atoms with Crippen molar-refractivity contribution in [3.8, 4) is 5.69 Å². The molecule has 0 fully saturated rings. The lowest BCUT2D eigenvalue weighted by molar-refractivity contribution is 0.489. The number of para-hydroxylation sites is 1. The van der Waals surface area contributed by atoms with Crippen LogP contribution in [0.2, 0.25) is 0 Å². The molecule has 25 heavy (non-hydrogen) atoms. The lowest BCUT2D eigenvalue weighted by Crippen LogP contribution is -2.22. The highest BCUT2D eigenvalue weighted by atomic mass is 16.3. The molecule has 0 bridgehead atoms. The SMILES string of the molecule is CC(NC(C)c1coc2ccccc12)c1cccc(-n2cccn2)c1. The Balaban J connectivity index is 1.55. The number of furan rings is 1. The van der Waals surface area contributed by atoms with E-state index in [4.69, 9.17) is 4.42 Å². The summed E-state index contributed by atoms with van der Waals surface area (Å²) in [6.07, 6.45) is 5.60. The van der Waals surface area contributed by atoms with E-state index < -0.39 is 0 Å². The minimum atomic E-state index is 0.187. The molecule has 0 spiro atoms. The molecule has 0 radical (unpaired) electrons. The van der Waals surface area contributed by atoms with Crippen LogP contribution in [0.3, 0.4) is 0 Å². The van der Waals surface area contributed by atoms with Crippen LogP contribution in [-0.2, 0) is 0 Å². The minimum absolute atomic E-state index is 0.187. The Morgan fingerprint density at radius 2 is 1.88 bits per heavy atom. The third kappa shape index (κ3) is 3.08. The van der Waals surface area contributed by atoms with Crippen LogP contribution in [-0.4, -0.2) is 9.78 Å². The second-order valence-corrected chi connectivity index (χ2v) is 6.34. The van der Waals surface area contributed by atoms with Gasteiger partial charge in [0.05, 0.1) is 12.0 Å². The number of fused-ring (bicyclic) bond motifs is 1. The van der Waals surface area contributed by atoms with Crippen molar-refractivity contribution in [1.82, 2.24) is 15.1 Å². The van der Waals surface area contributed by atoms with Crippen LogP contribution in [0, 0.1) is 0 Å². The molecular formula is C21H21N3O. The topological polar surface area (TPSA) is 43.0 Å².